The van der Waals surface area contributed by atoms with E-state index in [2.05, 4.69) is 55.4 Å². The average molecular weight is 1300 g/mol. The molecule has 88 heavy (non-hydrogen) atoms. The number of carbonyl (C=O) groups is 4. The number of phosphoric acid groups is 2. The van der Waals surface area contributed by atoms with Crippen LogP contribution in [0, 0.1) is 23.7 Å². The fourth-order valence-corrected chi connectivity index (χ4v) is 11.9. The molecule has 0 saturated heterocycles. The molecule has 0 aromatic rings. The molecule has 0 spiro atoms. The normalized spacial score (nSPS) is 14.6. The predicted octanol–water partition coefficient (Wildman–Crippen LogP) is 19.3. The fourth-order valence-electron chi connectivity index (χ4n) is 10.3. The summed E-state index contributed by atoms with van der Waals surface area (Å²) in [5.41, 5.74) is 0. The molecular formula is C69H134O17P2. The Morgan fingerprint density at radius 2 is 0.545 bits per heavy atom. The summed E-state index contributed by atoms with van der Waals surface area (Å²) in [6.07, 6.45) is 40.5. The summed E-state index contributed by atoms with van der Waals surface area (Å²) in [5, 5.41) is 10.6. The van der Waals surface area contributed by atoms with Crippen molar-refractivity contribution < 1.29 is 80.2 Å². The summed E-state index contributed by atoms with van der Waals surface area (Å²) in [6.45, 7) is 14.0. The van der Waals surface area contributed by atoms with E-state index in [1.54, 1.807) is 0 Å². The molecule has 522 valence electrons. The molecule has 6 atom stereocenters. The summed E-state index contributed by atoms with van der Waals surface area (Å²) in [5.74, 6) is 0.807. The minimum absolute atomic E-state index is 0.102. The van der Waals surface area contributed by atoms with Gasteiger partial charge in [0, 0.05) is 25.7 Å². The van der Waals surface area contributed by atoms with Gasteiger partial charge in [-0.05, 0) is 49.4 Å². The smallest absolute Gasteiger partial charge is 0.462 e. The highest BCUT2D eigenvalue weighted by Crippen LogP contribution is 2.45. The Labute approximate surface area is 537 Å². The Hall–Kier alpha value is -1.94. The third kappa shape index (κ3) is 61.6. The summed E-state index contributed by atoms with van der Waals surface area (Å²) in [4.78, 5) is 72.4. The Morgan fingerprint density at radius 1 is 0.318 bits per heavy atom. The number of hydrogen-bond donors (Lipinski definition) is 3. The maximum absolute atomic E-state index is 13.0. The van der Waals surface area contributed by atoms with Crippen molar-refractivity contribution in [2.24, 2.45) is 23.7 Å². The number of hydrogen-bond acceptors (Lipinski definition) is 15. The highest BCUT2D eigenvalue weighted by atomic mass is 31.2. The van der Waals surface area contributed by atoms with E-state index in [4.69, 9.17) is 37.0 Å². The number of phosphoric ester groups is 2. The number of esters is 4. The second-order valence-corrected chi connectivity index (χ2v) is 29.5. The Balaban J connectivity index is 5.20. The van der Waals surface area contributed by atoms with E-state index in [1.807, 2.05) is 0 Å². The lowest BCUT2D eigenvalue weighted by Crippen LogP contribution is -2.30. The van der Waals surface area contributed by atoms with E-state index in [9.17, 15) is 43.2 Å². The lowest BCUT2D eigenvalue weighted by atomic mass is 10.00. The Morgan fingerprint density at radius 3 is 0.807 bits per heavy atom. The highest BCUT2D eigenvalue weighted by molar-refractivity contribution is 7.47. The minimum Gasteiger partial charge on any atom is -0.462 e. The van der Waals surface area contributed by atoms with E-state index in [-0.39, 0.29) is 25.7 Å². The third-order valence-corrected chi connectivity index (χ3v) is 18.1. The summed E-state index contributed by atoms with van der Waals surface area (Å²) >= 11 is 0. The van der Waals surface area contributed by atoms with Gasteiger partial charge in [0.2, 0.25) is 0 Å². The zero-order chi connectivity index (χ0) is 65.4. The molecule has 3 N–H and O–H groups in total. The molecule has 19 heteroatoms. The molecule has 17 nitrogen and oxygen atoms in total. The van der Waals surface area contributed by atoms with Gasteiger partial charge in [-0.3, -0.25) is 37.3 Å². The number of ether oxygens (including phenoxy) is 4. The number of carbonyl (C=O) groups excluding carboxylic acids is 4. The minimum atomic E-state index is -4.95. The molecule has 4 unspecified atom stereocenters. The van der Waals surface area contributed by atoms with Crippen LogP contribution in [0.25, 0.3) is 0 Å². The van der Waals surface area contributed by atoms with Gasteiger partial charge < -0.3 is 33.8 Å². The number of aliphatic hydroxyl groups excluding tert-OH is 1. The predicted molar refractivity (Wildman–Crippen MR) is 354 cm³/mol. The van der Waals surface area contributed by atoms with Crippen LogP contribution in [-0.4, -0.2) is 96.7 Å². The summed E-state index contributed by atoms with van der Waals surface area (Å²) < 4.78 is 68.2. The molecule has 0 aliphatic carbocycles. The second-order valence-electron chi connectivity index (χ2n) is 26.6. The van der Waals surface area contributed by atoms with Crippen LogP contribution in [0.5, 0.6) is 0 Å². The van der Waals surface area contributed by atoms with Gasteiger partial charge in [-0.2, -0.15) is 0 Å². The summed E-state index contributed by atoms with van der Waals surface area (Å²) in [7, 11) is -9.90. The largest absolute Gasteiger partial charge is 0.472 e. The van der Waals surface area contributed by atoms with Crippen LogP contribution in [0.4, 0.5) is 0 Å². The third-order valence-electron chi connectivity index (χ3n) is 16.2. The monoisotopic (exact) mass is 1300 g/mol. The number of aliphatic hydroxyl groups is 1. The highest BCUT2D eigenvalue weighted by Gasteiger charge is 2.30. The van der Waals surface area contributed by atoms with Gasteiger partial charge in [-0.1, -0.05) is 287 Å². The lowest BCUT2D eigenvalue weighted by molar-refractivity contribution is -0.161. The quantitative estimate of drug-likeness (QED) is 0.0222. The maximum atomic E-state index is 13.0. The Bertz CT molecular complexity index is 1750. The van der Waals surface area contributed by atoms with Gasteiger partial charge in [-0.15, -0.1) is 0 Å². The van der Waals surface area contributed by atoms with Gasteiger partial charge in [0.1, 0.15) is 19.3 Å². The van der Waals surface area contributed by atoms with E-state index < -0.39 is 97.5 Å². The van der Waals surface area contributed by atoms with Crippen molar-refractivity contribution in [3.63, 3.8) is 0 Å². The SMILES string of the molecule is CCC(C)CCCCCCCCC(=O)O[C@H](COC(=O)CCCCCCCCCCCCCCCCC(C)C)COP(=O)(O)OCC(O)COP(=O)(O)OC[C@@H](COC(=O)CCCCCCCCCC(C)C)OC(=O)CCCCCCCCCCC(C)C. The van der Waals surface area contributed by atoms with Crippen molar-refractivity contribution in [3.05, 3.63) is 0 Å². The fraction of sp³-hybridized carbons (Fsp3) is 0.942. The Kier molecular flexibility index (Phi) is 57.6. The summed E-state index contributed by atoms with van der Waals surface area (Å²) in [6, 6.07) is 0. The maximum Gasteiger partial charge on any atom is 0.472 e. The molecule has 0 bridgehead atoms. The lowest BCUT2D eigenvalue weighted by Gasteiger charge is -2.21. The molecule has 0 rings (SSSR count). The zero-order valence-electron chi connectivity index (χ0n) is 57.3. The van der Waals surface area contributed by atoms with Gasteiger partial charge in [0.25, 0.3) is 0 Å². The van der Waals surface area contributed by atoms with Gasteiger partial charge >= 0.3 is 39.5 Å². The zero-order valence-corrected chi connectivity index (χ0v) is 59.1. The average Bonchev–Trinajstić information content (AvgIpc) is 3.55. The van der Waals surface area contributed by atoms with Crippen molar-refractivity contribution in [1.29, 1.82) is 0 Å². The van der Waals surface area contributed by atoms with Crippen LogP contribution in [0.3, 0.4) is 0 Å². The second kappa shape index (κ2) is 58.8. The van der Waals surface area contributed by atoms with Crippen LogP contribution in [0.15, 0.2) is 0 Å². The molecule has 0 amide bonds. The first kappa shape index (κ1) is 86.1. The van der Waals surface area contributed by atoms with Crippen LogP contribution < -0.4 is 0 Å². The van der Waals surface area contributed by atoms with Crippen LogP contribution in [0.1, 0.15) is 338 Å². The number of rotatable bonds is 66. The molecule has 0 radical (unpaired) electrons. The molecule has 0 aliphatic rings. The molecule has 0 aromatic heterocycles. The van der Waals surface area contributed by atoms with Crippen LogP contribution in [-0.2, 0) is 65.4 Å². The first-order valence-electron chi connectivity index (χ1n) is 35.7. The van der Waals surface area contributed by atoms with E-state index in [0.717, 1.165) is 114 Å². The standard InChI is InChI=1S/C69H134O17P2/c1-9-62(8)48-40-32-27-28-36-44-52-69(74)86-65(56-79-66(71)49-41-33-24-17-15-13-11-10-12-14-16-21-29-37-45-59(2)3)58-84-88(77,78)82-54-63(70)53-81-87(75,76)83-57-64(55-80-67(72)50-42-34-26-20-23-31-39-47-61(6)7)85-68(73)51-43-35-25-19-18-22-30-38-46-60(4)5/h59-65,70H,9-58H2,1-8H3,(H,75,76)(H,77,78)/t62?,63?,64-,65-/m1/s1. The van der Waals surface area contributed by atoms with E-state index in [1.165, 1.54) is 135 Å². The van der Waals surface area contributed by atoms with Crippen molar-refractivity contribution in [3.8, 4) is 0 Å². The first-order chi connectivity index (χ1) is 42.1. The molecule has 0 aliphatic heterocycles. The van der Waals surface area contributed by atoms with Gasteiger partial charge in [-0.25, -0.2) is 9.13 Å². The van der Waals surface area contributed by atoms with Crippen molar-refractivity contribution in [2.45, 2.75) is 356 Å². The van der Waals surface area contributed by atoms with E-state index >= 15 is 0 Å². The van der Waals surface area contributed by atoms with Gasteiger partial charge in [0.15, 0.2) is 12.2 Å². The molecule has 0 fully saturated rings. The van der Waals surface area contributed by atoms with Gasteiger partial charge in [0.05, 0.1) is 26.4 Å². The van der Waals surface area contributed by atoms with Crippen molar-refractivity contribution in [1.82, 2.24) is 0 Å². The molecule has 0 aromatic carbocycles. The molecule has 0 heterocycles. The molecular weight excluding hydrogens is 1160 g/mol. The van der Waals surface area contributed by atoms with Crippen LogP contribution in [0.2, 0.25) is 0 Å². The first-order valence-corrected chi connectivity index (χ1v) is 38.7. The van der Waals surface area contributed by atoms with E-state index in [0.29, 0.717) is 31.6 Å². The number of unbranched alkanes of at least 4 members (excludes halogenated alkanes) is 31. The molecule has 0 saturated carbocycles. The van der Waals surface area contributed by atoms with Crippen molar-refractivity contribution in [2.75, 3.05) is 39.6 Å². The van der Waals surface area contributed by atoms with Crippen LogP contribution >= 0.6 is 15.6 Å². The topological polar surface area (TPSA) is 237 Å². The van der Waals surface area contributed by atoms with Crippen molar-refractivity contribution >= 4 is 39.5 Å².